The highest BCUT2D eigenvalue weighted by atomic mass is 32.2. The van der Waals surface area contributed by atoms with Gasteiger partial charge in [0.15, 0.2) is 11.0 Å². The molecular weight excluding hydrogens is 546 g/mol. The monoisotopic (exact) mass is 589 g/mol. The average molecular weight is 590 g/mol. The maximum atomic E-state index is 13.4. The van der Waals surface area contributed by atoms with Crippen LogP contribution in [0.4, 0.5) is 11.5 Å². The normalized spacial score (nSPS) is 14.3. The van der Waals surface area contributed by atoms with E-state index in [0.717, 1.165) is 64.3 Å². The van der Waals surface area contributed by atoms with Crippen LogP contribution in [0.25, 0.3) is 0 Å². The number of hydrogen-bond donors (Lipinski definition) is 1. The molecule has 1 aliphatic rings. The number of anilines is 2. The fourth-order valence-corrected chi connectivity index (χ4v) is 6.04. The van der Waals surface area contributed by atoms with Gasteiger partial charge in [0.05, 0.1) is 17.2 Å². The number of para-hydroxylation sites is 2. The van der Waals surface area contributed by atoms with Gasteiger partial charge in [-0.3, -0.25) is 9.69 Å². The highest BCUT2D eigenvalue weighted by Crippen LogP contribution is 2.29. The molecule has 0 spiro atoms. The molecule has 4 rings (SSSR count). The number of amides is 1. The fraction of sp³-hybridized carbons (Fsp3) is 0.394. The van der Waals surface area contributed by atoms with Gasteiger partial charge in [0, 0.05) is 38.9 Å². The minimum Gasteiger partial charge on any atom is -0.491 e. The molecule has 2 heterocycles. The van der Waals surface area contributed by atoms with Crippen LogP contribution in [0.5, 0.6) is 5.75 Å². The molecule has 224 valence electrons. The Morgan fingerprint density at radius 2 is 1.69 bits per heavy atom. The van der Waals surface area contributed by atoms with Gasteiger partial charge in [-0.2, -0.15) is 0 Å². The number of piperazine rings is 1. The van der Waals surface area contributed by atoms with Gasteiger partial charge in [0.2, 0.25) is 0 Å². The largest absolute Gasteiger partial charge is 0.491 e. The van der Waals surface area contributed by atoms with Crippen LogP contribution in [-0.4, -0.2) is 65.9 Å². The number of ether oxygens (including phenoxy) is 1. The Morgan fingerprint density at radius 1 is 0.952 bits per heavy atom. The average Bonchev–Trinajstić information content (AvgIpc) is 3.04. The summed E-state index contributed by atoms with van der Waals surface area (Å²) in [6, 6.07) is 22.7. The highest BCUT2D eigenvalue weighted by Gasteiger charge is 2.25. The summed E-state index contributed by atoms with van der Waals surface area (Å²) in [6.45, 7) is 12.4. The highest BCUT2D eigenvalue weighted by molar-refractivity contribution is 7.86. The van der Waals surface area contributed by atoms with Gasteiger partial charge in [-0.25, -0.2) is 13.5 Å². The van der Waals surface area contributed by atoms with E-state index in [1.54, 1.807) is 36.5 Å². The molecule has 3 aromatic rings. The zero-order valence-electron chi connectivity index (χ0n) is 24.6. The molecule has 0 bridgehead atoms. The fourth-order valence-electron chi connectivity index (χ4n) is 4.88. The smallest absolute Gasteiger partial charge is 0.268 e. The Balaban J connectivity index is 1.20. The van der Waals surface area contributed by atoms with Gasteiger partial charge in [-0.1, -0.05) is 62.7 Å². The predicted octanol–water partition coefficient (Wildman–Crippen LogP) is 5.41. The summed E-state index contributed by atoms with van der Waals surface area (Å²) in [5.74, 6) is 1.03. The van der Waals surface area contributed by atoms with E-state index in [-0.39, 0.29) is 11.6 Å². The molecule has 1 saturated heterocycles. The lowest BCUT2D eigenvalue weighted by Gasteiger charge is -2.36. The van der Waals surface area contributed by atoms with Crippen LogP contribution in [0.1, 0.15) is 39.0 Å². The molecule has 1 fully saturated rings. The van der Waals surface area contributed by atoms with Crippen LogP contribution in [-0.2, 0) is 15.8 Å². The van der Waals surface area contributed by atoms with Gasteiger partial charge >= 0.3 is 0 Å². The van der Waals surface area contributed by atoms with E-state index >= 15 is 0 Å². The molecular formula is C33H43N5O3S. The Morgan fingerprint density at radius 3 is 2.43 bits per heavy atom. The van der Waals surface area contributed by atoms with Crippen LogP contribution in [0.2, 0.25) is 0 Å². The van der Waals surface area contributed by atoms with Crippen LogP contribution in [0.15, 0.2) is 96.2 Å². The number of carbonyl (C=O) groups excluding carboxylic acids is 1. The summed E-state index contributed by atoms with van der Waals surface area (Å²) in [6.07, 6.45) is 6.90. The van der Waals surface area contributed by atoms with Gasteiger partial charge in [0.25, 0.3) is 5.91 Å². The number of hydrogen-bond acceptors (Lipinski definition) is 6. The van der Waals surface area contributed by atoms with Gasteiger partial charge in [-0.05, 0) is 62.2 Å². The van der Waals surface area contributed by atoms with Crippen molar-refractivity contribution in [3.63, 3.8) is 0 Å². The lowest BCUT2D eigenvalue weighted by Crippen LogP contribution is -2.46. The number of rotatable bonds is 16. The van der Waals surface area contributed by atoms with Crippen LogP contribution in [0.3, 0.4) is 0 Å². The van der Waals surface area contributed by atoms with Crippen molar-refractivity contribution in [2.75, 3.05) is 55.1 Å². The molecule has 1 amide bonds. The minimum atomic E-state index is -1.66. The molecule has 1 unspecified atom stereocenters. The summed E-state index contributed by atoms with van der Waals surface area (Å²) >= 11 is 0. The van der Waals surface area contributed by atoms with Gasteiger partial charge in [0.1, 0.15) is 17.3 Å². The van der Waals surface area contributed by atoms with E-state index in [0.29, 0.717) is 17.3 Å². The third kappa shape index (κ3) is 8.90. The first-order valence-electron chi connectivity index (χ1n) is 14.9. The Kier molecular flexibility index (Phi) is 12.4. The van der Waals surface area contributed by atoms with Gasteiger partial charge in [-0.15, -0.1) is 0 Å². The summed E-state index contributed by atoms with van der Waals surface area (Å²) < 4.78 is 20.9. The van der Waals surface area contributed by atoms with Crippen molar-refractivity contribution in [1.82, 2.24) is 15.2 Å². The number of nitrogens with one attached hydrogen (secondary N) is 1. The molecule has 42 heavy (non-hydrogen) atoms. The number of pyridine rings is 1. The topological polar surface area (TPSA) is 78.0 Å². The van der Waals surface area contributed by atoms with Crippen molar-refractivity contribution >= 4 is 28.4 Å². The van der Waals surface area contributed by atoms with Crippen LogP contribution < -0.4 is 19.3 Å². The summed E-state index contributed by atoms with van der Waals surface area (Å²) in [5, 5.41) is 2.95. The summed E-state index contributed by atoms with van der Waals surface area (Å²) in [4.78, 5) is 22.8. The van der Waals surface area contributed by atoms with Crippen LogP contribution in [0, 0.1) is 0 Å². The third-order valence-corrected chi connectivity index (χ3v) is 8.66. The maximum absolute atomic E-state index is 13.4. The van der Waals surface area contributed by atoms with E-state index in [2.05, 4.69) is 51.8 Å². The van der Waals surface area contributed by atoms with Crippen molar-refractivity contribution in [2.45, 2.75) is 43.9 Å². The molecule has 0 radical (unpaired) electrons. The van der Waals surface area contributed by atoms with Crippen molar-refractivity contribution in [3.8, 4) is 5.75 Å². The Labute approximate surface area is 253 Å². The second-order valence-corrected chi connectivity index (χ2v) is 11.6. The third-order valence-electron chi connectivity index (χ3n) is 7.25. The standard InChI is InChI=1S/C33H43N5O3S/c1-3-4-14-27-41-31-18-9-8-17-30(31)37-25-23-36(24-26-37)22-13-12-21-35-33(39)28(2)38(32-19-10-11-20-34-32)42(40)29-15-6-5-7-16-29/h5-11,15-20H,2-4,12-14,21-27H2,1H3,(H,35,39). The Bertz CT molecular complexity index is 1280. The van der Waals surface area contributed by atoms with Crippen molar-refractivity contribution in [3.05, 3.63) is 91.3 Å². The lowest BCUT2D eigenvalue weighted by molar-refractivity contribution is -0.117. The molecule has 1 aliphatic heterocycles. The molecule has 2 aromatic carbocycles. The minimum absolute atomic E-state index is 0.0987. The van der Waals surface area contributed by atoms with E-state index < -0.39 is 11.0 Å². The number of unbranched alkanes of at least 4 members (excludes halogenated alkanes) is 3. The molecule has 1 atom stereocenters. The molecule has 0 aliphatic carbocycles. The SMILES string of the molecule is C=C(C(=O)NCCCCN1CCN(c2ccccc2OCCCCC)CC1)N(c1ccccn1)S(=O)c1ccccc1. The predicted molar refractivity (Wildman–Crippen MR) is 171 cm³/mol. The quantitative estimate of drug-likeness (QED) is 0.178. The summed E-state index contributed by atoms with van der Waals surface area (Å²) in [5.41, 5.74) is 1.28. The van der Waals surface area contributed by atoms with E-state index in [1.165, 1.54) is 22.8 Å². The number of aromatic nitrogens is 1. The number of nitrogens with zero attached hydrogens (tertiary/aromatic N) is 4. The lowest BCUT2D eigenvalue weighted by atomic mass is 10.2. The molecule has 0 saturated carbocycles. The Hall–Kier alpha value is -3.69. The van der Waals surface area contributed by atoms with E-state index in [9.17, 15) is 9.00 Å². The molecule has 9 heteroatoms. The molecule has 8 nitrogen and oxygen atoms in total. The van der Waals surface area contributed by atoms with E-state index in [1.807, 2.05) is 24.3 Å². The van der Waals surface area contributed by atoms with E-state index in [4.69, 9.17) is 4.74 Å². The van der Waals surface area contributed by atoms with Crippen LogP contribution >= 0.6 is 0 Å². The van der Waals surface area contributed by atoms with Crippen molar-refractivity contribution in [1.29, 1.82) is 0 Å². The first kappa shape index (κ1) is 31.3. The summed E-state index contributed by atoms with van der Waals surface area (Å²) in [7, 11) is -1.66. The van der Waals surface area contributed by atoms with Crippen molar-refractivity contribution < 1.29 is 13.7 Å². The van der Waals surface area contributed by atoms with Gasteiger partial charge < -0.3 is 15.0 Å². The molecule has 1 aromatic heterocycles. The molecule has 1 N–H and O–H groups in total. The first-order valence-corrected chi connectivity index (χ1v) is 16.0. The van der Waals surface area contributed by atoms with Crippen molar-refractivity contribution in [2.24, 2.45) is 0 Å². The second kappa shape index (κ2) is 16.7. The first-order chi connectivity index (χ1) is 20.6. The number of carbonyl (C=O) groups is 1. The number of benzene rings is 2. The zero-order valence-corrected chi connectivity index (χ0v) is 25.4. The maximum Gasteiger partial charge on any atom is 0.268 e. The second-order valence-electron chi connectivity index (χ2n) is 10.3. The zero-order chi connectivity index (χ0) is 29.6.